The van der Waals surface area contributed by atoms with E-state index in [1.54, 1.807) is 0 Å². The molecule has 0 aliphatic carbocycles. The Morgan fingerprint density at radius 1 is 1.40 bits per heavy atom. The number of nitrogens with one attached hydrogen (secondary N) is 1. The zero-order chi connectivity index (χ0) is 11.3. The minimum absolute atomic E-state index is 0.462. The average Bonchev–Trinajstić information content (AvgIpc) is 2.17. The van der Waals surface area contributed by atoms with Gasteiger partial charge in [0.15, 0.2) is 0 Å². The molecule has 0 radical (unpaired) electrons. The van der Waals surface area contributed by atoms with Crippen LogP contribution in [-0.2, 0) is 6.54 Å². The average molecular weight is 228 g/mol. The molecule has 4 heteroatoms. The number of hydrogen-bond donors (Lipinski definition) is 2. The summed E-state index contributed by atoms with van der Waals surface area (Å²) in [5.41, 5.74) is 7.67. The lowest BCUT2D eigenvalue weighted by Crippen LogP contribution is -2.21. The van der Waals surface area contributed by atoms with Gasteiger partial charge in [-0.15, -0.1) is 0 Å². The molecule has 1 aromatic carbocycles. The molecule has 0 saturated heterocycles. The first kappa shape index (κ1) is 12.3. The van der Waals surface area contributed by atoms with Gasteiger partial charge in [-0.25, -0.2) is 0 Å². The summed E-state index contributed by atoms with van der Waals surface area (Å²) in [6.07, 6.45) is 0. The molecule has 0 saturated carbocycles. The zero-order valence-electron chi connectivity index (χ0n) is 9.26. The topological polar surface area (TPSA) is 41.3 Å². The van der Waals surface area contributed by atoms with E-state index in [2.05, 4.69) is 10.2 Å². The lowest BCUT2D eigenvalue weighted by molar-refractivity contribution is 0.425. The zero-order valence-corrected chi connectivity index (χ0v) is 10.0. The number of rotatable bonds is 5. The van der Waals surface area contributed by atoms with E-state index in [1.165, 1.54) is 0 Å². The summed E-state index contributed by atoms with van der Waals surface area (Å²) >= 11 is 6.04. The van der Waals surface area contributed by atoms with Gasteiger partial charge in [-0.05, 0) is 26.2 Å². The SMILES string of the molecule is CN(C)CCNc1cccc(Cl)c1CN. The van der Waals surface area contributed by atoms with Gasteiger partial charge in [-0.3, -0.25) is 0 Å². The second kappa shape index (κ2) is 5.95. The minimum atomic E-state index is 0.462. The van der Waals surface area contributed by atoms with Crippen molar-refractivity contribution in [3.63, 3.8) is 0 Å². The quantitative estimate of drug-likeness (QED) is 0.806. The van der Waals surface area contributed by atoms with Crippen molar-refractivity contribution in [2.24, 2.45) is 5.73 Å². The van der Waals surface area contributed by atoms with Crippen molar-refractivity contribution in [1.82, 2.24) is 4.90 Å². The van der Waals surface area contributed by atoms with Gasteiger partial charge in [0.25, 0.3) is 0 Å². The molecule has 0 spiro atoms. The van der Waals surface area contributed by atoms with Crippen molar-refractivity contribution in [1.29, 1.82) is 0 Å². The number of benzene rings is 1. The monoisotopic (exact) mass is 227 g/mol. The Bertz CT molecular complexity index is 313. The van der Waals surface area contributed by atoms with Crippen LogP contribution in [0.1, 0.15) is 5.56 Å². The van der Waals surface area contributed by atoms with Crippen LogP contribution in [0.3, 0.4) is 0 Å². The summed E-state index contributed by atoms with van der Waals surface area (Å²) in [6.45, 7) is 2.33. The molecule has 0 unspecified atom stereocenters. The number of nitrogens with zero attached hydrogens (tertiary/aromatic N) is 1. The third-order valence-electron chi connectivity index (χ3n) is 2.20. The second-order valence-electron chi connectivity index (χ2n) is 3.70. The van der Waals surface area contributed by atoms with E-state index in [1.807, 2.05) is 32.3 Å². The smallest absolute Gasteiger partial charge is 0.0471 e. The van der Waals surface area contributed by atoms with Crippen molar-refractivity contribution < 1.29 is 0 Å². The third-order valence-corrected chi connectivity index (χ3v) is 2.55. The van der Waals surface area contributed by atoms with Crippen LogP contribution in [0.15, 0.2) is 18.2 Å². The third kappa shape index (κ3) is 3.70. The van der Waals surface area contributed by atoms with Crippen LogP contribution in [0.2, 0.25) is 5.02 Å². The minimum Gasteiger partial charge on any atom is -0.383 e. The maximum absolute atomic E-state index is 6.04. The van der Waals surface area contributed by atoms with Gasteiger partial charge in [0.2, 0.25) is 0 Å². The fraction of sp³-hybridized carbons (Fsp3) is 0.455. The Balaban J connectivity index is 2.64. The largest absolute Gasteiger partial charge is 0.383 e. The predicted octanol–water partition coefficient (Wildman–Crippen LogP) is 1.77. The standard InChI is InChI=1S/C11H18ClN3/c1-15(2)7-6-14-11-5-3-4-10(12)9(11)8-13/h3-5,14H,6-8,13H2,1-2H3. The van der Waals surface area contributed by atoms with E-state index in [0.717, 1.165) is 29.4 Å². The number of anilines is 1. The highest BCUT2D eigenvalue weighted by molar-refractivity contribution is 6.31. The van der Waals surface area contributed by atoms with Crippen molar-refractivity contribution in [2.75, 3.05) is 32.5 Å². The van der Waals surface area contributed by atoms with E-state index in [-0.39, 0.29) is 0 Å². The van der Waals surface area contributed by atoms with E-state index >= 15 is 0 Å². The fourth-order valence-electron chi connectivity index (χ4n) is 1.35. The maximum atomic E-state index is 6.04. The number of nitrogens with two attached hydrogens (primary N) is 1. The molecule has 0 amide bonds. The van der Waals surface area contributed by atoms with Crippen molar-refractivity contribution in [3.8, 4) is 0 Å². The molecular weight excluding hydrogens is 210 g/mol. The van der Waals surface area contributed by atoms with Gasteiger partial charge >= 0.3 is 0 Å². The highest BCUT2D eigenvalue weighted by atomic mass is 35.5. The van der Waals surface area contributed by atoms with Crippen LogP contribution < -0.4 is 11.1 Å². The van der Waals surface area contributed by atoms with E-state index in [9.17, 15) is 0 Å². The molecule has 0 aromatic heterocycles. The lowest BCUT2D eigenvalue weighted by Gasteiger charge is -2.14. The molecule has 15 heavy (non-hydrogen) atoms. The van der Waals surface area contributed by atoms with Crippen LogP contribution in [-0.4, -0.2) is 32.1 Å². The highest BCUT2D eigenvalue weighted by Gasteiger charge is 2.04. The molecule has 0 atom stereocenters. The predicted molar refractivity (Wildman–Crippen MR) is 66.4 cm³/mol. The Hall–Kier alpha value is -0.770. The van der Waals surface area contributed by atoms with Crippen LogP contribution in [0.5, 0.6) is 0 Å². The molecule has 84 valence electrons. The molecular formula is C11H18ClN3. The normalized spacial score (nSPS) is 10.7. The van der Waals surface area contributed by atoms with E-state index < -0.39 is 0 Å². The fourth-order valence-corrected chi connectivity index (χ4v) is 1.60. The van der Waals surface area contributed by atoms with Gasteiger partial charge in [-0.2, -0.15) is 0 Å². The molecule has 0 heterocycles. The molecule has 3 nitrogen and oxygen atoms in total. The lowest BCUT2D eigenvalue weighted by atomic mass is 10.2. The Morgan fingerprint density at radius 2 is 2.13 bits per heavy atom. The molecule has 1 aromatic rings. The second-order valence-corrected chi connectivity index (χ2v) is 4.11. The Kier molecular flexibility index (Phi) is 4.88. The summed E-state index contributed by atoms with van der Waals surface area (Å²) in [7, 11) is 4.09. The first-order valence-electron chi connectivity index (χ1n) is 5.01. The number of likely N-dealkylation sites (N-methyl/N-ethyl adjacent to an activating group) is 1. The first-order valence-corrected chi connectivity index (χ1v) is 5.39. The summed E-state index contributed by atoms with van der Waals surface area (Å²) < 4.78 is 0. The Labute approximate surface area is 96.2 Å². The van der Waals surface area contributed by atoms with Crippen LogP contribution in [0, 0.1) is 0 Å². The first-order chi connectivity index (χ1) is 7.15. The molecule has 0 aliphatic rings. The molecule has 1 rings (SSSR count). The van der Waals surface area contributed by atoms with Gasteiger partial charge in [0, 0.05) is 35.9 Å². The van der Waals surface area contributed by atoms with E-state index in [4.69, 9.17) is 17.3 Å². The van der Waals surface area contributed by atoms with Gasteiger partial charge < -0.3 is 16.0 Å². The van der Waals surface area contributed by atoms with Crippen molar-refractivity contribution in [3.05, 3.63) is 28.8 Å². The van der Waals surface area contributed by atoms with E-state index in [0.29, 0.717) is 6.54 Å². The molecule has 0 bridgehead atoms. The van der Waals surface area contributed by atoms with Gasteiger partial charge in [0.1, 0.15) is 0 Å². The van der Waals surface area contributed by atoms with Crippen LogP contribution in [0.4, 0.5) is 5.69 Å². The summed E-state index contributed by atoms with van der Waals surface area (Å²) in [4.78, 5) is 2.12. The van der Waals surface area contributed by atoms with Gasteiger partial charge in [-0.1, -0.05) is 17.7 Å². The van der Waals surface area contributed by atoms with Crippen LogP contribution >= 0.6 is 11.6 Å². The van der Waals surface area contributed by atoms with Crippen molar-refractivity contribution in [2.45, 2.75) is 6.54 Å². The summed E-state index contributed by atoms with van der Waals surface area (Å²) in [6, 6.07) is 5.80. The number of halogens is 1. The maximum Gasteiger partial charge on any atom is 0.0471 e. The molecule has 0 aliphatic heterocycles. The Morgan fingerprint density at radius 3 is 2.73 bits per heavy atom. The highest BCUT2D eigenvalue weighted by Crippen LogP contribution is 2.23. The summed E-state index contributed by atoms with van der Waals surface area (Å²) in [5, 5.41) is 4.06. The molecule has 3 N–H and O–H groups in total. The van der Waals surface area contributed by atoms with Gasteiger partial charge in [0.05, 0.1) is 0 Å². The van der Waals surface area contributed by atoms with Crippen LogP contribution in [0.25, 0.3) is 0 Å². The number of hydrogen-bond acceptors (Lipinski definition) is 3. The van der Waals surface area contributed by atoms with Crippen molar-refractivity contribution >= 4 is 17.3 Å². The molecule has 0 fully saturated rings. The summed E-state index contributed by atoms with van der Waals surface area (Å²) in [5.74, 6) is 0.